The second-order valence-electron chi connectivity index (χ2n) is 5.49. The predicted molar refractivity (Wildman–Crippen MR) is 70.1 cm³/mol. The third kappa shape index (κ3) is 2.37. The van der Waals surface area contributed by atoms with Crippen LogP contribution in [-0.2, 0) is 13.6 Å². The van der Waals surface area contributed by atoms with E-state index in [0.717, 1.165) is 10.8 Å². The van der Waals surface area contributed by atoms with Crippen molar-refractivity contribution in [1.82, 2.24) is 9.55 Å². The van der Waals surface area contributed by atoms with Gasteiger partial charge in [-0.3, -0.25) is 4.57 Å². The molecule has 0 aliphatic carbocycles. The van der Waals surface area contributed by atoms with Crippen molar-refractivity contribution in [3.63, 3.8) is 0 Å². The number of nitrogen functional groups attached to an aromatic ring is 1. The van der Waals surface area contributed by atoms with Crippen LogP contribution in [0.1, 0.15) is 6.23 Å². The van der Waals surface area contributed by atoms with Gasteiger partial charge in [-0.2, -0.15) is 13.8 Å². The van der Waals surface area contributed by atoms with Crippen LogP contribution >= 0.6 is 0 Å². The zero-order valence-electron chi connectivity index (χ0n) is 11.5. The summed E-state index contributed by atoms with van der Waals surface area (Å²) in [7, 11) is -2.60. The van der Waals surface area contributed by atoms with Gasteiger partial charge >= 0.3 is 20.2 Å². The van der Waals surface area contributed by atoms with Gasteiger partial charge < -0.3 is 19.3 Å². The highest BCUT2D eigenvalue weighted by Crippen LogP contribution is 2.46. The van der Waals surface area contributed by atoms with Crippen LogP contribution < -0.4 is 11.4 Å². The fourth-order valence-corrected chi connectivity index (χ4v) is 4.03. The van der Waals surface area contributed by atoms with E-state index in [1.54, 1.807) is 13.1 Å². The maximum atomic E-state index is 14.6. The highest BCUT2D eigenvalue weighted by molar-refractivity contribution is 6.64. The first-order valence-corrected chi connectivity index (χ1v) is 9.22. The average Bonchev–Trinajstić information content (AvgIpc) is 2.61. The molecule has 0 bridgehead atoms. The molecule has 21 heavy (non-hydrogen) atoms. The van der Waals surface area contributed by atoms with Crippen LogP contribution in [0.3, 0.4) is 0 Å². The number of nitrogens with two attached hydrogens (primary N) is 1. The van der Waals surface area contributed by atoms with E-state index in [1.165, 1.54) is 6.07 Å². The molecule has 2 N–H and O–H groups in total. The summed E-state index contributed by atoms with van der Waals surface area (Å²) < 4.78 is 46.0. The third-order valence-electron chi connectivity index (χ3n) is 3.46. The summed E-state index contributed by atoms with van der Waals surface area (Å²) in [5.41, 5.74) is 4.46. The highest BCUT2D eigenvalue weighted by Gasteiger charge is 2.64. The summed E-state index contributed by atoms with van der Waals surface area (Å²) >= 11 is 0. The molecular formula is C11H15F2N3O4Si. The van der Waals surface area contributed by atoms with Crippen molar-refractivity contribution in [2.45, 2.75) is 37.5 Å². The molecule has 0 saturated carbocycles. The Morgan fingerprint density at radius 1 is 1.52 bits per heavy atom. The van der Waals surface area contributed by atoms with Gasteiger partial charge in [-0.1, -0.05) is 0 Å². The van der Waals surface area contributed by atoms with Crippen LogP contribution in [0.25, 0.3) is 0 Å². The van der Waals surface area contributed by atoms with Crippen molar-refractivity contribution < 1.29 is 22.4 Å². The minimum absolute atomic E-state index is 0.0210. The second kappa shape index (κ2) is 4.56. The molecule has 2 aliphatic rings. The van der Waals surface area contributed by atoms with Gasteiger partial charge in [0.25, 0.3) is 0 Å². The molecule has 2 aliphatic heterocycles. The largest absolute Gasteiger partial charge is 0.392 e. The van der Waals surface area contributed by atoms with E-state index < -0.39 is 38.6 Å². The Bertz CT molecular complexity index is 624. The topological polar surface area (TPSA) is 88.6 Å². The van der Waals surface area contributed by atoms with E-state index in [2.05, 4.69) is 4.98 Å². The maximum Gasteiger partial charge on any atom is 0.351 e. The lowest BCUT2D eigenvalue weighted by molar-refractivity contribution is -0.138. The minimum Gasteiger partial charge on any atom is -0.392 e. The fourth-order valence-electron chi connectivity index (χ4n) is 2.48. The standard InChI is InChI=1S/C11H15F2N3O4Si/c1-21(2)18-5-6-8(20-21)11(12,13)9(19-6)16-4-3-7(14)15-10(16)17/h3-4,6,8-9H,5H2,1-2H3,(H2,14,15,17). The number of aromatic nitrogens is 2. The second-order valence-corrected chi connectivity index (χ2v) is 8.82. The van der Waals surface area contributed by atoms with Crippen molar-refractivity contribution in [2.24, 2.45) is 0 Å². The molecule has 3 unspecified atom stereocenters. The SMILES string of the molecule is C[Si]1(C)OCC2OC(n3ccc(N)nc3=O)C(F)(F)C2O1. The molecule has 7 nitrogen and oxygen atoms in total. The Labute approximate surface area is 119 Å². The molecule has 1 aromatic rings. The van der Waals surface area contributed by atoms with Crippen molar-refractivity contribution in [3.8, 4) is 0 Å². The van der Waals surface area contributed by atoms with Crippen molar-refractivity contribution in [3.05, 3.63) is 22.7 Å². The van der Waals surface area contributed by atoms with Crippen LogP contribution in [0.4, 0.5) is 14.6 Å². The van der Waals surface area contributed by atoms with Gasteiger partial charge in [-0.05, 0) is 19.2 Å². The first-order chi connectivity index (χ1) is 9.71. The molecule has 116 valence electrons. The Balaban J connectivity index is 1.96. The molecule has 0 spiro atoms. The Morgan fingerprint density at radius 2 is 2.24 bits per heavy atom. The molecule has 10 heteroatoms. The number of hydrogen-bond donors (Lipinski definition) is 1. The zero-order valence-corrected chi connectivity index (χ0v) is 12.5. The molecule has 2 saturated heterocycles. The van der Waals surface area contributed by atoms with Gasteiger partial charge in [0.2, 0.25) is 6.23 Å². The number of anilines is 1. The van der Waals surface area contributed by atoms with E-state index in [1.807, 2.05) is 0 Å². The number of rotatable bonds is 1. The monoisotopic (exact) mass is 319 g/mol. The Hall–Kier alpha value is -1.36. The van der Waals surface area contributed by atoms with Gasteiger partial charge in [0.05, 0.1) is 6.61 Å². The fraction of sp³-hybridized carbons (Fsp3) is 0.636. The van der Waals surface area contributed by atoms with Crippen molar-refractivity contribution in [2.75, 3.05) is 12.3 Å². The van der Waals surface area contributed by atoms with Crippen LogP contribution in [0.15, 0.2) is 17.1 Å². The Morgan fingerprint density at radius 3 is 2.90 bits per heavy atom. The van der Waals surface area contributed by atoms with Gasteiger partial charge in [0.1, 0.15) is 18.0 Å². The molecule has 0 amide bonds. The lowest BCUT2D eigenvalue weighted by Gasteiger charge is -2.36. The van der Waals surface area contributed by atoms with E-state index in [9.17, 15) is 13.6 Å². The highest BCUT2D eigenvalue weighted by atomic mass is 28.4. The predicted octanol–water partition coefficient (Wildman–Crippen LogP) is 0.475. The molecule has 0 radical (unpaired) electrons. The van der Waals surface area contributed by atoms with Gasteiger partial charge in [-0.15, -0.1) is 0 Å². The van der Waals surface area contributed by atoms with E-state index in [-0.39, 0.29) is 12.4 Å². The third-order valence-corrected chi connectivity index (χ3v) is 5.14. The van der Waals surface area contributed by atoms with E-state index >= 15 is 0 Å². The summed E-state index contributed by atoms with van der Waals surface area (Å²) in [5.74, 6) is -3.40. The summed E-state index contributed by atoms with van der Waals surface area (Å²) in [6.07, 6.45) is -2.98. The number of alkyl halides is 2. The number of ether oxygens (including phenoxy) is 1. The lowest BCUT2D eigenvalue weighted by atomic mass is 10.1. The molecule has 3 rings (SSSR count). The van der Waals surface area contributed by atoms with Gasteiger partial charge in [0, 0.05) is 6.20 Å². The molecule has 2 fully saturated rings. The Kier molecular flexibility index (Phi) is 3.17. The van der Waals surface area contributed by atoms with Crippen LogP contribution in [-0.4, -0.2) is 42.8 Å². The average molecular weight is 319 g/mol. The van der Waals surface area contributed by atoms with Crippen LogP contribution in [0.5, 0.6) is 0 Å². The van der Waals surface area contributed by atoms with Crippen molar-refractivity contribution in [1.29, 1.82) is 0 Å². The first-order valence-electron chi connectivity index (χ1n) is 6.40. The quantitative estimate of drug-likeness (QED) is 0.757. The summed E-state index contributed by atoms with van der Waals surface area (Å²) in [6, 6.07) is 1.26. The molecule has 1 aromatic heterocycles. The number of halogens is 2. The zero-order chi connectivity index (χ0) is 15.4. The normalized spacial score (nSPS) is 33.6. The van der Waals surface area contributed by atoms with Gasteiger partial charge in [-0.25, -0.2) is 4.79 Å². The molecule has 3 atom stereocenters. The molecule has 0 aromatic carbocycles. The van der Waals surface area contributed by atoms with E-state index in [4.69, 9.17) is 19.3 Å². The summed E-state index contributed by atoms with van der Waals surface area (Å²) in [5, 5.41) is 0. The maximum absolute atomic E-state index is 14.6. The summed E-state index contributed by atoms with van der Waals surface area (Å²) in [6.45, 7) is 3.39. The minimum atomic E-state index is -3.36. The molecular weight excluding hydrogens is 304 g/mol. The number of fused-ring (bicyclic) bond motifs is 1. The number of nitrogens with zero attached hydrogens (tertiary/aromatic N) is 2. The molecule has 3 heterocycles. The van der Waals surface area contributed by atoms with E-state index in [0.29, 0.717) is 0 Å². The number of hydrogen-bond acceptors (Lipinski definition) is 6. The summed E-state index contributed by atoms with van der Waals surface area (Å²) in [4.78, 5) is 15.2. The smallest absolute Gasteiger partial charge is 0.351 e. The van der Waals surface area contributed by atoms with Crippen LogP contribution in [0.2, 0.25) is 13.1 Å². The lowest BCUT2D eigenvalue weighted by Crippen LogP contribution is -2.55. The van der Waals surface area contributed by atoms with Gasteiger partial charge in [0.15, 0.2) is 0 Å². The van der Waals surface area contributed by atoms with Crippen LogP contribution in [0, 0.1) is 0 Å². The first kappa shape index (κ1) is 14.6. The van der Waals surface area contributed by atoms with Crippen molar-refractivity contribution >= 4 is 14.4 Å².